The molecule has 10 nitrogen and oxygen atoms in total. The molecule has 11 heteroatoms. The van der Waals surface area contributed by atoms with Crippen LogP contribution in [0.15, 0.2) is 17.0 Å². The number of amidine groups is 1. The number of rotatable bonds is 8. The fourth-order valence-electron chi connectivity index (χ4n) is 1.91. The molecule has 1 rings (SSSR count). The number of terminal acetylenes is 1. The molecular weight excluding hydrogens is 413 g/mol. The second kappa shape index (κ2) is 15.8. The van der Waals surface area contributed by atoms with Gasteiger partial charge >= 0.3 is 11.9 Å². The average molecular weight is 445 g/mol. The van der Waals surface area contributed by atoms with Crippen LogP contribution >= 0.6 is 0 Å². The van der Waals surface area contributed by atoms with E-state index in [0.717, 1.165) is 11.1 Å². The van der Waals surface area contributed by atoms with Gasteiger partial charge in [-0.25, -0.2) is 4.39 Å². The summed E-state index contributed by atoms with van der Waals surface area (Å²) in [6.07, 6.45) is 6.52. The van der Waals surface area contributed by atoms with Crippen LogP contribution in [0.5, 0.6) is 0 Å². The van der Waals surface area contributed by atoms with E-state index < -0.39 is 36.2 Å². The molecule has 176 valence electrons. The summed E-state index contributed by atoms with van der Waals surface area (Å²) in [6.45, 7) is 6.61. The zero-order chi connectivity index (χ0) is 24.7. The van der Waals surface area contributed by atoms with E-state index in [1.54, 1.807) is 27.7 Å². The van der Waals surface area contributed by atoms with Gasteiger partial charge in [-0.2, -0.15) is 0 Å². The number of carbonyl (C=O) groups is 3. The number of hydrogen-bond donors (Lipinski definition) is 3. The van der Waals surface area contributed by atoms with Gasteiger partial charge < -0.3 is 25.4 Å². The first-order valence-electron chi connectivity index (χ1n) is 9.33. The van der Waals surface area contributed by atoms with Crippen molar-refractivity contribution >= 4 is 24.2 Å². The summed E-state index contributed by atoms with van der Waals surface area (Å²) in [4.78, 5) is 36.5. The van der Waals surface area contributed by atoms with E-state index in [1.807, 2.05) is 0 Å². The van der Waals surface area contributed by atoms with Crippen molar-refractivity contribution in [1.29, 1.82) is 0 Å². The predicted molar refractivity (Wildman–Crippen MR) is 112 cm³/mol. The standard InChI is InChI=1S/C14H22FN3O5.C4H8O2.C2H2/c1-8(2)14(21)22-6-9-4-11(20)13(23-9)18(7-19)5-10(15)12(16)17-3;1-3(2)4(5)6;1-2/h5,7-9,11,13,20H,4,6H2,1-3H3,(H2,16,17);3H,1-2H3,(H,5,6);1-2H/b10-5+;;. The van der Waals surface area contributed by atoms with Crippen LogP contribution in [0.25, 0.3) is 0 Å². The molecule has 1 aliphatic heterocycles. The molecule has 0 bridgehead atoms. The highest BCUT2D eigenvalue weighted by Gasteiger charge is 2.38. The minimum atomic E-state index is -1.09. The molecule has 1 saturated heterocycles. The minimum absolute atomic E-state index is 0.0535. The lowest BCUT2D eigenvalue weighted by molar-refractivity contribution is -0.154. The van der Waals surface area contributed by atoms with E-state index in [1.165, 1.54) is 7.05 Å². The zero-order valence-corrected chi connectivity index (χ0v) is 18.4. The number of nitrogens with two attached hydrogens (primary N) is 1. The fourth-order valence-corrected chi connectivity index (χ4v) is 1.91. The van der Waals surface area contributed by atoms with Gasteiger partial charge in [0.1, 0.15) is 12.7 Å². The lowest BCUT2D eigenvalue weighted by Gasteiger charge is -2.23. The van der Waals surface area contributed by atoms with E-state index in [0.29, 0.717) is 6.41 Å². The molecule has 1 heterocycles. The van der Waals surface area contributed by atoms with Crippen molar-refractivity contribution in [2.75, 3.05) is 13.7 Å². The van der Waals surface area contributed by atoms with Gasteiger partial charge in [0, 0.05) is 19.7 Å². The van der Waals surface area contributed by atoms with E-state index >= 15 is 0 Å². The van der Waals surface area contributed by atoms with Gasteiger partial charge in [-0.15, -0.1) is 12.8 Å². The quantitative estimate of drug-likeness (QED) is 0.164. The van der Waals surface area contributed by atoms with Gasteiger partial charge in [0.05, 0.1) is 17.9 Å². The van der Waals surface area contributed by atoms with E-state index in [9.17, 15) is 23.9 Å². The Hall–Kier alpha value is -2.97. The Morgan fingerprint density at radius 3 is 2.23 bits per heavy atom. The van der Waals surface area contributed by atoms with Crippen LogP contribution < -0.4 is 5.73 Å². The van der Waals surface area contributed by atoms with Crippen LogP contribution in [0, 0.1) is 24.7 Å². The first-order valence-corrected chi connectivity index (χ1v) is 9.33. The zero-order valence-electron chi connectivity index (χ0n) is 18.4. The van der Waals surface area contributed by atoms with Crippen molar-refractivity contribution in [3.63, 3.8) is 0 Å². The first kappa shape index (κ1) is 30.2. The Kier molecular flexibility index (Phi) is 15.4. The van der Waals surface area contributed by atoms with Crippen LogP contribution in [0.3, 0.4) is 0 Å². The fraction of sp³-hybridized carbons (Fsp3) is 0.600. The smallest absolute Gasteiger partial charge is 0.308 e. The molecule has 3 atom stereocenters. The number of aliphatic carboxylic acids is 1. The van der Waals surface area contributed by atoms with Crippen LogP contribution in [-0.2, 0) is 23.9 Å². The Morgan fingerprint density at radius 1 is 1.32 bits per heavy atom. The van der Waals surface area contributed by atoms with Crippen LogP contribution in [0.4, 0.5) is 4.39 Å². The molecule has 1 aliphatic rings. The van der Waals surface area contributed by atoms with E-state index in [2.05, 4.69) is 17.8 Å². The SMILES string of the molecule is C#C.CC(C)C(=O)O.CN=C(N)/C(F)=C\N(C=O)C1OC(COC(=O)C(C)C)CC1O. The van der Waals surface area contributed by atoms with Gasteiger partial charge in [-0.05, 0) is 0 Å². The summed E-state index contributed by atoms with van der Waals surface area (Å²) in [5.74, 6) is -2.95. The van der Waals surface area contributed by atoms with Gasteiger partial charge in [-0.1, -0.05) is 27.7 Å². The number of esters is 1. The van der Waals surface area contributed by atoms with Crippen LogP contribution in [0.2, 0.25) is 0 Å². The van der Waals surface area contributed by atoms with Crippen LogP contribution in [0.1, 0.15) is 34.1 Å². The summed E-state index contributed by atoms with van der Waals surface area (Å²) in [5, 5.41) is 18.0. The van der Waals surface area contributed by atoms with Crippen LogP contribution in [-0.4, -0.2) is 71.4 Å². The van der Waals surface area contributed by atoms with Crippen molar-refractivity contribution in [3.8, 4) is 12.8 Å². The third-order valence-electron chi connectivity index (χ3n) is 3.71. The maximum atomic E-state index is 13.7. The topological polar surface area (TPSA) is 152 Å². The van der Waals surface area contributed by atoms with Gasteiger partial charge in [0.15, 0.2) is 17.9 Å². The second-order valence-electron chi connectivity index (χ2n) is 6.87. The summed E-state index contributed by atoms with van der Waals surface area (Å²) in [6, 6.07) is 0. The third kappa shape index (κ3) is 11.7. The number of carboxylic acids is 1. The lowest BCUT2D eigenvalue weighted by Crippen LogP contribution is -2.38. The molecule has 3 unspecified atom stereocenters. The first-order chi connectivity index (χ1) is 14.4. The Bertz CT molecular complexity index is 662. The number of ether oxygens (including phenoxy) is 2. The largest absolute Gasteiger partial charge is 0.481 e. The highest BCUT2D eigenvalue weighted by Crippen LogP contribution is 2.24. The second-order valence-corrected chi connectivity index (χ2v) is 6.87. The van der Waals surface area contributed by atoms with Crippen molar-refractivity contribution in [1.82, 2.24) is 4.90 Å². The molecule has 0 saturated carbocycles. The average Bonchev–Trinajstić information content (AvgIpc) is 3.11. The summed E-state index contributed by atoms with van der Waals surface area (Å²) in [7, 11) is 1.30. The predicted octanol–water partition coefficient (Wildman–Crippen LogP) is 0.894. The van der Waals surface area contributed by atoms with Gasteiger partial charge in [0.2, 0.25) is 6.41 Å². The Labute approximate surface area is 181 Å². The monoisotopic (exact) mass is 445 g/mol. The maximum Gasteiger partial charge on any atom is 0.308 e. The van der Waals surface area contributed by atoms with E-state index in [4.69, 9.17) is 20.3 Å². The third-order valence-corrected chi connectivity index (χ3v) is 3.71. The molecule has 0 radical (unpaired) electrons. The molecule has 0 aromatic carbocycles. The summed E-state index contributed by atoms with van der Waals surface area (Å²) >= 11 is 0. The van der Waals surface area contributed by atoms with Gasteiger partial charge in [-0.3, -0.25) is 24.3 Å². The highest BCUT2D eigenvalue weighted by molar-refractivity contribution is 5.94. The molecule has 0 aromatic rings. The molecular formula is C20H32FN3O7. The maximum absolute atomic E-state index is 13.7. The molecule has 1 amide bonds. The number of halogens is 1. The number of amides is 1. The molecule has 31 heavy (non-hydrogen) atoms. The number of carboxylic acid groups (broad SMARTS) is 1. The summed E-state index contributed by atoms with van der Waals surface area (Å²) < 4.78 is 24.1. The molecule has 4 N–H and O–H groups in total. The molecule has 0 aliphatic carbocycles. The Balaban J connectivity index is 0. The van der Waals surface area contributed by atoms with Crippen molar-refractivity contribution < 1.29 is 38.5 Å². The number of carbonyl (C=O) groups excluding carboxylic acids is 2. The summed E-state index contributed by atoms with van der Waals surface area (Å²) in [5.41, 5.74) is 5.29. The number of aliphatic hydroxyl groups excluding tert-OH is 1. The van der Waals surface area contributed by atoms with Gasteiger partial charge in [0.25, 0.3) is 0 Å². The van der Waals surface area contributed by atoms with E-state index in [-0.39, 0.29) is 30.7 Å². The number of aliphatic hydroxyl groups is 1. The lowest BCUT2D eigenvalue weighted by atomic mass is 10.2. The van der Waals surface area contributed by atoms with Crippen molar-refractivity contribution in [2.45, 2.75) is 52.6 Å². The number of nitrogens with zero attached hydrogens (tertiary/aromatic N) is 2. The number of aliphatic imine (C=N–C) groups is 1. The molecule has 1 fully saturated rings. The Morgan fingerprint density at radius 2 is 1.84 bits per heavy atom. The molecule has 0 aromatic heterocycles. The normalized spacial score (nSPS) is 20.8. The number of hydrogen-bond acceptors (Lipinski definition) is 7. The highest BCUT2D eigenvalue weighted by atomic mass is 19.1. The minimum Gasteiger partial charge on any atom is -0.481 e. The molecule has 0 spiro atoms. The van der Waals surface area contributed by atoms with Crippen molar-refractivity contribution in [3.05, 3.63) is 12.0 Å². The van der Waals surface area contributed by atoms with Crippen molar-refractivity contribution in [2.24, 2.45) is 22.6 Å².